The van der Waals surface area contributed by atoms with E-state index in [4.69, 9.17) is 0 Å². The van der Waals surface area contributed by atoms with Crippen LogP contribution in [0.5, 0.6) is 0 Å². The van der Waals surface area contributed by atoms with E-state index in [1.54, 1.807) is 18.2 Å². The molecule has 1 N–H and O–H groups in total. The van der Waals surface area contributed by atoms with Gasteiger partial charge in [0, 0.05) is 30.5 Å². The van der Waals surface area contributed by atoms with Crippen molar-refractivity contribution in [1.82, 2.24) is 5.32 Å². The Labute approximate surface area is 115 Å². The van der Waals surface area contributed by atoms with Gasteiger partial charge >= 0.3 is 0 Å². The molecule has 1 saturated carbocycles. The number of carbonyl (C=O) groups is 1. The maximum Gasteiger partial charge on any atom is 0.248 e. The summed E-state index contributed by atoms with van der Waals surface area (Å²) in [7, 11) is 0. The van der Waals surface area contributed by atoms with Crippen LogP contribution in [0.1, 0.15) is 31.2 Å². The van der Waals surface area contributed by atoms with Gasteiger partial charge in [0.15, 0.2) is 0 Å². The minimum absolute atomic E-state index is 0.199. The molecule has 0 aromatic heterocycles. The Balaban J connectivity index is 1.86. The summed E-state index contributed by atoms with van der Waals surface area (Å²) in [4.78, 5) is 11.6. The lowest BCUT2D eigenvalue weighted by molar-refractivity contribution is -0.118. The van der Waals surface area contributed by atoms with E-state index >= 15 is 0 Å². The number of nitrogens with one attached hydrogen (secondary N) is 1. The van der Waals surface area contributed by atoms with Crippen LogP contribution >= 0.6 is 0 Å². The second-order valence-corrected chi connectivity index (χ2v) is 4.99. The Bertz CT molecular complexity index is 504. The van der Waals surface area contributed by atoms with E-state index in [-0.39, 0.29) is 37.6 Å². The molecule has 0 heterocycles. The van der Waals surface area contributed by atoms with Crippen molar-refractivity contribution in [1.29, 1.82) is 0 Å². The van der Waals surface area contributed by atoms with E-state index in [1.165, 1.54) is 18.2 Å². The number of halogens is 3. The lowest BCUT2D eigenvalue weighted by atomic mass is 9.92. The second kappa shape index (κ2) is 6.11. The fourth-order valence-corrected chi connectivity index (χ4v) is 2.21. The standard InChI is InChI=1S/C15H16F3NO/c16-13-4-2-1-3-11(13)5-6-14(20)19-12-7-9-15(17,18)10-8-12/h1-6,12H,7-10H2,(H,19,20)/b6-5+. The van der Waals surface area contributed by atoms with Crippen LogP contribution in [0.25, 0.3) is 6.08 Å². The number of amides is 1. The summed E-state index contributed by atoms with van der Waals surface area (Å²) in [6.45, 7) is 0. The van der Waals surface area contributed by atoms with Crippen molar-refractivity contribution >= 4 is 12.0 Å². The van der Waals surface area contributed by atoms with Crippen molar-refractivity contribution < 1.29 is 18.0 Å². The third-order valence-electron chi connectivity index (χ3n) is 3.38. The van der Waals surface area contributed by atoms with Crippen LogP contribution in [0.15, 0.2) is 30.3 Å². The highest BCUT2D eigenvalue weighted by molar-refractivity contribution is 5.91. The number of hydrogen-bond donors (Lipinski definition) is 1. The number of carbonyl (C=O) groups excluding carboxylic acids is 1. The summed E-state index contributed by atoms with van der Waals surface area (Å²) in [6, 6.07) is 5.87. The molecule has 5 heteroatoms. The number of alkyl halides is 2. The lowest BCUT2D eigenvalue weighted by Gasteiger charge is -2.28. The van der Waals surface area contributed by atoms with Gasteiger partial charge in [-0.25, -0.2) is 13.2 Å². The molecule has 1 fully saturated rings. The predicted octanol–water partition coefficient (Wildman–Crippen LogP) is 3.53. The van der Waals surface area contributed by atoms with Crippen LogP contribution in [0.2, 0.25) is 0 Å². The van der Waals surface area contributed by atoms with Gasteiger partial charge in [-0.15, -0.1) is 0 Å². The molecule has 1 aliphatic rings. The van der Waals surface area contributed by atoms with Crippen LogP contribution in [-0.2, 0) is 4.79 Å². The Morgan fingerprint density at radius 3 is 2.55 bits per heavy atom. The fraction of sp³-hybridized carbons (Fsp3) is 0.400. The molecule has 20 heavy (non-hydrogen) atoms. The Morgan fingerprint density at radius 2 is 1.90 bits per heavy atom. The summed E-state index contributed by atoms with van der Waals surface area (Å²) >= 11 is 0. The molecule has 1 aromatic carbocycles. The molecule has 108 valence electrons. The molecule has 2 nitrogen and oxygen atoms in total. The van der Waals surface area contributed by atoms with Gasteiger partial charge < -0.3 is 5.32 Å². The monoisotopic (exact) mass is 283 g/mol. The third kappa shape index (κ3) is 4.11. The molecule has 0 unspecified atom stereocenters. The van der Waals surface area contributed by atoms with Crippen molar-refractivity contribution in [3.8, 4) is 0 Å². The molecule has 0 saturated heterocycles. The SMILES string of the molecule is O=C(/C=C/c1ccccc1F)NC1CCC(F)(F)CC1. The Hall–Kier alpha value is -1.78. The minimum atomic E-state index is -2.61. The number of rotatable bonds is 3. The van der Waals surface area contributed by atoms with Gasteiger partial charge in [0.05, 0.1) is 0 Å². The first-order valence-corrected chi connectivity index (χ1v) is 6.57. The van der Waals surface area contributed by atoms with Gasteiger partial charge in [-0.2, -0.15) is 0 Å². The van der Waals surface area contributed by atoms with Gasteiger partial charge in [-0.05, 0) is 25.0 Å². The van der Waals surface area contributed by atoms with Gasteiger partial charge in [0.1, 0.15) is 5.82 Å². The van der Waals surface area contributed by atoms with E-state index in [2.05, 4.69) is 5.32 Å². The van der Waals surface area contributed by atoms with E-state index in [0.29, 0.717) is 5.56 Å². The van der Waals surface area contributed by atoms with Crippen LogP contribution < -0.4 is 5.32 Å². The highest BCUT2D eigenvalue weighted by atomic mass is 19.3. The fourth-order valence-electron chi connectivity index (χ4n) is 2.21. The zero-order valence-corrected chi connectivity index (χ0v) is 10.9. The molecule has 0 atom stereocenters. The van der Waals surface area contributed by atoms with Gasteiger partial charge in [-0.3, -0.25) is 4.79 Å². The van der Waals surface area contributed by atoms with Crippen molar-refractivity contribution in [2.45, 2.75) is 37.6 Å². The van der Waals surface area contributed by atoms with Crippen molar-refractivity contribution in [3.63, 3.8) is 0 Å². The quantitative estimate of drug-likeness (QED) is 0.845. The molecule has 1 aliphatic carbocycles. The molecule has 2 rings (SSSR count). The first-order valence-electron chi connectivity index (χ1n) is 6.57. The molecule has 0 aliphatic heterocycles. The Morgan fingerprint density at radius 1 is 1.25 bits per heavy atom. The summed E-state index contributed by atoms with van der Waals surface area (Å²) < 4.78 is 39.2. The van der Waals surface area contributed by atoms with Crippen molar-refractivity contribution in [3.05, 3.63) is 41.7 Å². The lowest BCUT2D eigenvalue weighted by Crippen LogP contribution is -2.39. The largest absolute Gasteiger partial charge is 0.350 e. The molecule has 0 radical (unpaired) electrons. The summed E-state index contributed by atoms with van der Waals surface area (Å²) in [6.07, 6.45) is 2.75. The van der Waals surface area contributed by atoms with Crippen LogP contribution in [-0.4, -0.2) is 17.9 Å². The smallest absolute Gasteiger partial charge is 0.248 e. The third-order valence-corrected chi connectivity index (χ3v) is 3.38. The molecular formula is C15H16F3NO. The number of benzene rings is 1. The van der Waals surface area contributed by atoms with E-state index in [9.17, 15) is 18.0 Å². The highest BCUT2D eigenvalue weighted by Crippen LogP contribution is 2.32. The second-order valence-electron chi connectivity index (χ2n) is 4.99. The molecule has 0 spiro atoms. The van der Waals surface area contributed by atoms with Crippen LogP contribution in [0.4, 0.5) is 13.2 Å². The van der Waals surface area contributed by atoms with E-state index in [1.807, 2.05) is 0 Å². The molecule has 1 amide bonds. The average Bonchev–Trinajstić information content (AvgIpc) is 2.40. The van der Waals surface area contributed by atoms with Gasteiger partial charge in [0.2, 0.25) is 11.8 Å². The molecule has 0 bridgehead atoms. The molecular weight excluding hydrogens is 267 g/mol. The average molecular weight is 283 g/mol. The Kier molecular flexibility index (Phi) is 4.47. The first kappa shape index (κ1) is 14.6. The summed E-state index contributed by atoms with van der Waals surface area (Å²) in [5.41, 5.74) is 0.317. The van der Waals surface area contributed by atoms with Gasteiger partial charge in [0.25, 0.3) is 0 Å². The minimum Gasteiger partial charge on any atom is -0.350 e. The van der Waals surface area contributed by atoms with Gasteiger partial charge in [-0.1, -0.05) is 18.2 Å². The van der Waals surface area contributed by atoms with E-state index in [0.717, 1.165) is 0 Å². The topological polar surface area (TPSA) is 29.1 Å². The zero-order valence-electron chi connectivity index (χ0n) is 10.9. The highest BCUT2D eigenvalue weighted by Gasteiger charge is 2.35. The normalized spacial score (nSPS) is 19.1. The van der Waals surface area contributed by atoms with Crippen molar-refractivity contribution in [2.24, 2.45) is 0 Å². The predicted molar refractivity (Wildman–Crippen MR) is 70.8 cm³/mol. The first-order chi connectivity index (χ1) is 9.46. The summed E-state index contributed by atoms with van der Waals surface area (Å²) in [5.74, 6) is -3.40. The van der Waals surface area contributed by atoms with Crippen molar-refractivity contribution in [2.75, 3.05) is 0 Å². The number of hydrogen-bond acceptors (Lipinski definition) is 1. The maximum atomic E-state index is 13.3. The maximum absolute atomic E-state index is 13.3. The van der Waals surface area contributed by atoms with Crippen LogP contribution in [0, 0.1) is 5.82 Å². The summed E-state index contributed by atoms with van der Waals surface area (Å²) in [5, 5.41) is 2.66. The zero-order chi connectivity index (χ0) is 14.6. The molecule has 1 aromatic rings. The van der Waals surface area contributed by atoms with E-state index < -0.39 is 11.7 Å². The van der Waals surface area contributed by atoms with Crippen LogP contribution in [0.3, 0.4) is 0 Å².